The molecule has 0 radical (unpaired) electrons. The minimum Gasteiger partial charge on any atom is -0.312 e. The van der Waals surface area contributed by atoms with Crippen LogP contribution in [0.1, 0.15) is 33.8 Å². The number of aryl methyl sites for hydroxylation is 1. The predicted molar refractivity (Wildman–Crippen MR) is 146 cm³/mol. The number of rotatable bonds is 9. The van der Waals surface area contributed by atoms with Crippen molar-refractivity contribution in [3.8, 4) is 6.07 Å². The molecule has 2 heterocycles. The summed E-state index contributed by atoms with van der Waals surface area (Å²) in [5, 5.41) is 19.6. The number of nitriles is 1. The number of nitrogens with zero attached hydrogens (tertiary/aromatic N) is 6. The number of fused-ring (bicyclic) bond motifs is 1. The highest BCUT2D eigenvalue weighted by Crippen LogP contribution is 2.20. The summed E-state index contributed by atoms with van der Waals surface area (Å²) in [7, 11) is 0. The zero-order chi connectivity index (χ0) is 25.6. The van der Waals surface area contributed by atoms with E-state index in [1.54, 1.807) is 6.33 Å². The van der Waals surface area contributed by atoms with Crippen LogP contribution >= 0.6 is 11.6 Å². The van der Waals surface area contributed by atoms with E-state index in [4.69, 9.17) is 21.8 Å². The van der Waals surface area contributed by atoms with E-state index >= 15 is 0 Å². The third kappa shape index (κ3) is 6.21. The SMILES string of the molecule is Cc1ccc(CCN(Cc2ccc3ccccc3n2)Cc2nncn2Cc2ccc(C#N)cc2)c(Cl)c1. The van der Waals surface area contributed by atoms with Gasteiger partial charge in [0, 0.05) is 23.5 Å². The molecule has 0 saturated carbocycles. The van der Waals surface area contributed by atoms with Gasteiger partial charge in [0.25, 0.3) is 0 Å². The van der Waals surface area contributed by atoms with Gasteiger partial charge in [-0.2, -0.15) is 5.26 Å². The molecule has 0 aliphatic rings. The van der Waals surface area contributed by atoms with Crippen molar-refractivity contribution >= 4 is 22.5 Å². The number of pyridine rings is 1. The Labute approximate surface area is 221 Å². The van der Waals surface area contributed by atoms with Crippen LogP contribution in [0.4, 0.5) is 0 Å². The molecule has 37 heavy (non-hydrogen) atoms. The molecule has 0 unspecified atom stereocenters. The molecule has 7 heteroatoms. The van der Waals surface area contributed by atoms with Crippen LogP contribution in [-0.2, 0) is 26.1 Å². The summed E-state index contributed by atoms with van der Waals surface area (Å²) in [6.45, 7) is 4.78. The molecule has 0 saturated heterocycles. The van der Waals surface area contributed by atoms with E-state index in [0.717, 1.165) is 57.1 Å². The first-order valence-corrected chi connectivity index (χ1v) is 12.6. The van der Waals surface area contributed by atoms with E-state index in [1.807, 2.05) is 55.5 Å². The molecular weight excluding hydrogens is 480 g/mol. The summed E-state index contributed by atoms with van der Waals surface area (Å²) in [6, 6.07) is 28.4. The highest BCUT2D eigenvalue weighted by atomic mass is 35.5. The van der Waals surface area contributed by atoms with Crippen LogP contribution in [0.3, 0.4) is 0 Å². The molecule has 0 N–H and O–H groups in total. The Bertz CT molecular complexity index is 1550. The topological polar surface area (TPSA) is 70.6 Å². The monoisotopic (exact) mass is 506 g/mol. The summed E-state index contributed by atoms with van der Waals surface area (Å²) < 4.78 is 2.06. The van der Waals surface area contributed by atoms with Crippen LogP contribution in [0.15, 0.2) is 85.2 Å². The quantitative estimate of drug-likeness (QED) is 0.247. The van der Waals surface area contributed by atoms with Gasteiger partial charge < -0.3 is 4.57 Å². The minimum atomic E-state index is 0.619. The number of para-hydroxylation sites is 1. The number of benzene rings is 3. The van der Waals surface area contributed by atoms with Crippen LogP contribution in [-0.4, -0.2) is 31.2 Å². The van der Waals surface area contributed by atoms with Gasteiger partial charge in [0.05, 0.1) is 35.9 Å². The smallest absolute Gasteiger partial charge is 0.147 e. The molecule has 3 aromatic carbocycles. The maximum Gasteiger partial charge on any atom is 0.147 e. The van der Waals surface area contributed by atoms with E-state index in [-0.39, 0.29) is 0 Å². The lowest BCUT2D eigenvalue weighted by Crippen LogP contribution is -2.27. The van der Waals surface area contributed by atoms with E-state index in [1.165, 1.54) is 0 Å². The van der Waals surface area contributed by atoms with Gasteiger partial charge in [-0.3, -0.25) is 9.88 Å². The van der Waals surface area contributed by atoms with Gasteiger partial charge in [-0.05, 0) is 60.4 Å². The second kappa shape index (κ2) is 11.3. The van der Waals surface area contributed by atoms with E-state index in [9.17, 15) is 0 Å². The molecule has 2 aromatic heterocycles. The Balaban J connectivity index is 1.37. The largest absolute Gasteiger partial charge is 0.312 e. The van der Waals surface area contributed by atoms with Crippen LogP contribution in [0.25, 0.3) is 10.9 Å². The lowest BCUT2D eigenvalue weighted by molar-refractivity contribution is 0.247. The van der Waals surface area contributed by atoms with Gasteiger partial charge >= 0.3 is 0 Å². The molecule has 5 rings (SSSR count). The van der Waals surface area contributed by atoms with Crippen LogP contribution < -0.4 is 0 Å². The lowest BCUT2D eigenvalue weighted by atomic mass is 10.1. The molecule has 0 amide bonds. The fourth-order valence-electron chi connectivity index (χ4n) is 4.39. The molecule has 0 aliphatic carbocycles. The van der Waals surface area contributed by atoms with Gasteiger partial charge in [0.15, 0.2) is 0 Å². The van der Waals surface area contributed by atoms with Crippen molar-refractivity contribution in [3.05, 3.63) is 124 Å². The van der Waals surface area contributed by atoms with Gasteiger partial charge in [-0.15, -0.1) is 10.2 Å². The third-order valence-corrected chi connectivity index (χ3v) is 6.80. The summed E-state index contributed by atoms with van der Waals surface area (Å²) in [4.78, 5) is 7.24. The normalized spacial score (nSPS) is 11.2. The van der Waals surface area contributed by atoms with Gasteiger partial charge in [0.2, 0.25) is 0 Å². The lowest BCUT2D eigenvalue weighted by Gasteiger charge is -2.22. The van der Waals surface area contributed by atoms with E-state index < -0.39 is 0 Å². The number of aromatic nitrogens is 4. The minimum absolute atomic E-state index is 0.619. The summed E-state index contributed by atoms with van der Waals surface area (Å²) in [6.07, 6.45) is 2.58. The Morgan fingerprint density at radius 2 is 1.81 bits per heavy atom. The van der Waals surface area contributed by atoms with Crippen molar-refractivity contribution in [3.63, 3.8) is 0 Å². The van der Waals surface area contributed by atoms with Crippen LogP contribution in [0.5, 0.6) is 0 Å². The van der Waals surface area contributed by atoms with Crippen molar-refractivity contribution in [2.45, 2.75) is 33.0 Å². The number of hydrogen-bond donors (Lipinski definition) is 0. The van der Waals surface area contributed by atoms with Crippen LogP contribution in [0, 0.1) is 18.3 Å². The molecule has 5 aromatic rings. The summed E-state index contributed by atoms with van der Waals surface area (Å²) in [5.74, 6) is 0.875. The summed E-state index contributed by atoms with van der Waals surface area (Å²) >= 11 is 6.54. The second-order valence-corrected chi connectivity index (χ2v) is 9.64. The average Bonchev–Trinajstić information content (AvgIpc) is 3.34. The summed E-state index contributed by atoms with van der Waals surface area (Å²) in [5.41, 5.74) is 6.02. The maximum atomic E-state index is 9.08. The Hall–Kier alpha value is -4.05. The molecular formula is C30H27ClN6. The van der Waals surface area contributed by atoms with E-state index in [0.29, 0.717) is 25.2 Å². The average molecular weight is 507 g/mol. The fraction of sp³-hybridized carbons (Fsp3) is 0.200. The number of halogens is 1. The molecule has 0 atom stereocenters. The fourth-order valence-corrected chi connectivity index (χ4v) is 4.72. The Morgan fingerprint density at radius 3 is 2.62 bits per heavy atom. The standard InChI is InChI=1S/C30H27ClN6/c1-22-6-11-25(28(31)16-22)14-15-36(19-27-13-12-26-4-2-3-5-29(26)34-27)20-30-35-33-21-37(30)18-24-9-7-23(17-32)8-10-24/h2-13,16,21H,14-15,18-20H2,1H3. The Kier molecular flexibility index (Phi) is 7.55. The molecule has 184 valence electrons. The van der Waals surface area contributed by atoms with Crippen molar-refractivity contribution in [2.24, 2.45) is 0 Å². The molecule has 0 spiro atoms. The van der Waals surface area contributed by atoms with Gasteiger partial charge in [-0.1, -0.05) is 60.1 Å². The molecule has 0 bridgehead atoms. The molecule has 6 nitrogen and oxygen atoms in total. The molecule has 0 fully saturated rings. The highest BCUT2D eigenvalue weighted by molar-refractivity contribution is 6.31. The number of hydrogen-bond acceptors (Lipinski definition) is 5. The maximum absolute atomic E-state index is 9.08. The van der Waals surface area contributed by atoms with Crippen molar-refractivity contribution in [1.29, 1.82) is 5.26 Å². The van der Waals surface area contributed by atoms with Gasteiger partial charge in [0.1, 0.15) is 12.2 Å². The van der Waals surface area contributed by atoms with Crippen LogP contribution in [0.2, 0.25) is 5.02 Å². The Morgan fingerprint density at radius 1 is 0.973 bits per heavy atom. The highest BCUT2D eigenvalue weighted by Gasteiger charge is 2.15. The molecule has 0 aliphatic heterocycles. The first-order chi connectivity index (χ1) is 18.1. The van der Waals surface area contributed by atoms with Crippen molar-refractivity contribution < 1.29 is 0 Å². The first-order valence-electron chi connectivity index (χ1n) is 12.2. The van der Waals surface area contributed by atoms with E-state index in [2.05, 4.69) is 56.1 Å². The first kappa shape index (κ1) is 24.6. The predicted octanol–water partition coefficient (Wildman–Crippen LogP) is 5.95. The van der Waals surface area contributed by atoms with Crippen molar-refractivity contribution in [2.75, 3.05) is 6.54 Å². The zero-order valence-electron chi connectivity index (χ0n) is 20.7. The zero-order valence-corrected chi connectivity index (χ0v) is 21.4. The third-order valence-electron chi connectivity index (χ3n) is 6.44. The van der Waals surface area contributed by atoms with Crippen molar-refractivity contribution in [1.82, 2.24) is 24.6 Å². The van der Waals surface area contributed by atoms with Gasteiger partial charge in [-0.25, -0.2) is 0 Å². The second-order valence-electron chi connectivity index (χ2n) is 9.23.